The Bertz CT molecular complexity index is 366. The normalized spacial score (nSPS) is 10.1. The summed E-state index contributed by atoms with van der Waals surface area (Å²) in [6, 6.07) is 1.61. The zero-order chi connectivity index (χ0) is 11.4. The standard InChI is InChI=1S/C9H12ClN3O2/c1-3-12(4-2)7-5-6-11-9(10)8(7)13(14)15/h5-6H,3-4H2,1-2H3. The van der Waals surface area contributed by atoms with Crippen LogP contribution in [0.1, 0.15) is 13.8 Å². The van der Waals surface area contributed by atoms with E-state index in [0.29, 0.717) is 18.8 Å². The van der Waals surface area contributed by atoms with Crippen LogP contribution in [0.15, 0.2) is 12.3 Å². The lowest BCUT2D eigenvalue weighted by Gasteiger charge is -2.20. The molecule has 0 fully saturated rings. The Morgan fingerprint density at radius 2 is 2.13 bits per heavy atom. The lowest BCUT2D eigenvalue weighted by Crippen LogP contribution is -2.23. The van der Waals surface area contributed by atoms with E-state index in [1.165, 1.54) is 6.20 Å². The van der Waals surface area contributed by atoms with Crippen LogP contribution in [-0.2, 0) is 0 Å². The Kier molecular flexibility index (Phi) is 3.85. The fourth-order valence-corrected chi connectivity index (χ4v) is 1.63. The average molecular weight is 230 g/mol. The summed E-state index contributed by atoms with van der Waals surface area (Å²) >= 11 is 5.70. The minimum Gasteiger partial charge on any atom is -0.366 e. The summed E-state index contributed by atoms with van der Waals surface area (Å²) in [5.41, 5.74) is 0.396. The number of nitrogens with zero attached hydrogens (tertiary/aromatic N) is 3. The molecule has 1 aromatic rings. The van der Waals surface area contributed by atoms with Gasteiger partial charge in [0.1, 0.15) is 5.69 Å². The molecule has 0 unspecified atom stereocenters. The van der Waals surface area contributed by atoms with Crippen LogP contribution in [0.5, 0.6) is 0 Å². The first-order chi connectivity index (χ1) is 7.11. The van der Waals surface area contributed by atoms with E-state index in [4.69, 9.17) is 11.6 Å². The average Bonchev–Trinajstić information content (AvgIpc) is 2.19. The van der Waals surface area contributed by atoms with Gasteiger partial charge in [0.2, 0.25) is 5.15 Å². The SMILES string of the molecule is CCN(CC)c1ccnc(Cl)c1[N+](=O)[O-]. The Labute approximate surface area is 92.8 Å². The van der Waals surface area contributed by atoms with Crippen molar-refractivity contribution in [3.8, 4) is 0 Å². The van der Waals surface area contributed by atoms with Crippen molar-refractivity contribution in [2.45, 2.75) is 13.8 Å². The van der Waals surface area contributed by atoms with Gasteiger partial charge in [-0.3, -0.25) is 10.1 Å². The second-order valence-electron chi connectivity index (χ2n) is 2.90. The van der Waals surface area contributed by atoms with Crippen LogP contribution in [0.2, 0.25) is 5.15 Å². The van der Waals surface area contributed by atoms with Gasteiger partial charge in [0, 0.05) is 19.3 Å². The number of aromatic nitrogens is 1. The Morgan fingerprint density at radius 1 is 1.53 bits per heavy atom. The van der Waals surface area contributed by atoms with E-state index in [-0.39, 0.29) is 10.8 Å². The Morgan fingerprint density at radius 3 is 2.60 bits per heavy atom. The highest BCUT2D eigenvalue weighted by atomic mass is 35.5. The van der Waals surface area contributed by atoms with Crippen LogP contribution in [0.3, 0.4) is 0 Å². The first-order valence-corrected chi connectivity index (χ1v) is 5.03. The molecule has 15 heavy (non-hydrogen) atoms. The summed E-state index contributed by atoms with van der Waals surface area (Å²) in [6.45, 7) is 5.25. The molecule has 0 spiro atoms. The monoisotopic (exact) mass is 229 g/mol. The number of nitro groups is 1. The van der Waals surface area contributed by atoms with Gasteiger partial charge in [0.15, 0.2) is 0 Å². The zero-order valence-corrected chi connectivity index (χ0v) is 9.36. The molecule has 1 rings (SSSR count). The number of halogens is 1. The molecule has 5 nitrogen and oxygen atoms in total. The summed E-state index contributed by atoms with van der Waals surface area (Å²) in [5, 5.41) is 10.8. The lowest BCUT2D eigenvalue weighted by atomic mass is 10.3. The third-order valence-electron chi connectivity index (χ3n) is 2.15. The maximum atomic E-state index is 10.8. The molecule has 0 bridgehead atoms. The first-order valence-electron chi connectivity index (χ1n) is 4.65. The van der Waals surface area contributed by atoms with Gasteiger partial charge in [-0.15, -0.1) is 0 Å². The molecule has 0 saturated heterocycles. The third-order valence-corrected chi connectivity index (χ3v) is 2.42. The first kappa shape index (κ1) is 11.7. The van der Waals surface area contributed by atoms with Gasteiger partial charge >= 0.3 is 5.69 Å². The van der Waals surface area contributed by atoms with Crippen LogP contribution < -0.4 is 4.90 Å². The van der Waals surface area contributed by atoms with E-state index >= 15 is 0 Å². The molecular formula is C9H12ClN3O2. The smallest absolute Gasteiger partial charge is 0.329 e. The number of rotatable bonds is 4. The minimum absolute atomic E-state index is 0.0654. The van der Waals surface area contributed by atoms with Crippen LogP contribution in [0.25, 0.3) is 0 Å². The summed E-state index contributed by atoms with van der Waals surface area (Å²) in [6.07, 6.45) is 1.48. The van der Waals surface area contributed by atoms with Gasteiger partial charge < -0.3 is 4.90 Å². The number of hydrogen-bond acceptors (Lipinski definition) is 4. The second-order valence-corrected chi connectivity index (χ2v) is 3.26. The number of pyridine rings is 1. The molecule has 6 heteroatoms. The minimum atomic E-state index is -0.497. The van der Waals surface area contributed by atoms with E-state index in [1.54, 1.807) is 6.07 Å². The predicted octanol–water partition coefficient (Wildman–Crippen LogP) is 2.49. The predicted molar refractivity (Wildman–Crippen MR) is 59.5 cm³/mol. The molecular weight excluding hydrogens is 218 g/mol. The van der Waals surface area contributed by atoms with Crippen LogP contribution in [-0.4, -0.2) is 23.0 Å². The summed E-state index contributed by atoms with van der Waals surface area (Å²) < 4.78 is 0. The quantitative estimate of drug-likeness (QED) is 0.452. The fraction of sp³-hybridized carbons (Fsp3) is 0.444. The molecule has 1 aromatic heterocycles. The molecule has 0 radical (unpaired) electrons. The Hall–Kier alpha value is -1.36. The summed E-state index contributed by atoms with van der Waals surface area (Å²) in [4.78, 5) is 15.9. The van der Waals surface area contributed by atoms with Crippen molar-refractivity contribution >= 4 is 23.0 Å². The van der Waals surface area contributed by atoms with Crippen molar-refractivity contribution in [1.29, 1.82) is 0 Å². The summed E-state index contributed by atoms with van der Waals surface area (Å²) in [5.74, 6) is 0. The summed E-state index contributed by atoms with van der Waals surface area (Å²) in [7, 11) is 0. The molecule has 0 saturated carbocycles. The van der Waals surface area contributed by atoms with E-state index < -0.39 is 4.92 Å². The second kappa shape index (κ2) is 4.93. The van der Waals surface area contributed by atoms with Crippen molar-refractivity contribution in [2.75, 3.05) is 18.0 Å². The third kappa shape index (κ3) is 2.36. The van der Waals surface area contributed by atoms with Crippen molar-refractivity contribution in [3.63, 3.8) is 0 Å². The van der Waals surface area contributed by atoms with Gasteiger partial charge in [-0.1, -0.05) is 11.6 Å². The molecule has 1 heterocycles. The molecule has 0 aliphatic heterocycles. The molecule has 0 aliphatic carbocycles. The maximum absolute atomic E-state index is 10.8. The molecule has 0 N–H and O–H groups in total. The van der Waals surface area contributed by atoms with Gasteiger partial charge in [-0.2, -0.15) is 0 Å². The van der Waals surface area contributed by atoms with Gasteiger partial charge in [-0.05, 0) is 19.9 Å². The fourth-order valence-electron chi connectivity index (χ4n) is 1.41. The van der Waals surface area contributed by atoms with E-state index in [9.17, 15) is 10.1 Å². The van der Waals surface area contributed by atoms with Crippen LogP contribution >= 0.6 is 11.6 Å². The zero-order valence-electron chi connectivity index (χ0n) is 8.61. The van der Waals surface area contributed by atoms with Crippen molar-refractivity contribution in [3.05, 3.63) is 27.5 Å². The van der Waals surface area contributed by atoms with Crippen LogP contribution in [0.4, 0.5) is 11.4 Å². The molecule has 82 valence electrons. The van der Waals surface area contributed by atoms with E-state index in [0.717, 1.165) is 0 Å². The molecule has 0 amide bonds. The lowest BCUT2D eigenvalue weighted by molar-refractivity contribution is -0.384. The van der Waals surface area contributed by atoms with Gasteiger partial charge in [0.25, 0.3) is 0 Å². The van der Waals surface area contributed by atoms with E-state index in [2.05, 4.69) is 4.98 Å². The molecule has 0 atom stereocenters. The highest BCUT2D eigenvalue weighted by Crippen LogP contribution is 2.32. The Balaban J connectivity index is 3.27. The van der Waals surface area contributed by atoms with E-state index in [1.807, 2.05) is 18.7 Å². The van der Waals surface area contributed by atoms with Crippen molar-refractivity contribution < 1.29 is 4.92 Å². The van der Waals surface area contributed by atoms with Gasteiger partial charge in [-0.25, -0.2) is 4.98 Å². The number of hydrogen-bond donors (Lipinski definition) is 0. The molecule has 0 aliphatic rings. The highest BCUT2D eigenvalue weighted by molar-refractivity contribution is 6.32. The van der Waals surface area contributed by atoms with Crippen LogP contribution in [0, 0.1) is 10.1 Å². The largest absolute Gasteiger partial charge is 0.366 e. The maximum Gasteiger partial charge on any atom is 0.329 e. The molecule has 0 aromatic carbocycles. The van der Waals surface area contributed by atoms with Crippen molar-refractivity contribution in [2.24, 2.45) is 0 Å². The van der Waals surface area contributed by atoms with Gasteiger partial charge in [0.05, 0.1) is 4.92 Å². The topological polar surface area (TPSA) is 59.3 Å². The van der Waals surface area contributed by atoms with Crippen molar-refractivity contribution in [1.82, 2.24) is 4.98 Å². The number of anilines is 1. The highest BCUT2D eigenvalue weighted by Gasteiger charge is 2.22.